The second kappa shape index (κ2) is 8.72. The highest BCUT2D eigenvalue weighted by molar-refractivity contribution is 6.30. The first-order valence-corrected chi connectivity index (χ1v) is 10.7. The van der Waals surface area contributed by atoms with Crippen LogP contribution in [0.3, 0.4) is 0 Å². The molecule has 0 spiro atoms. The number of nitrogens with one attached hydrogen (secondary N) is 1. The van der Waals surface area contributed by atoms with Crippen molar-refractivity contribution in [1.82, 2.24) is 15.5 Å². The lowest BCUT2D eigenvalue weighted by molar-refractivity contribution is 0.244. The van der Waals surface area contributed by atoms with Gasteiger partial charge in [-0.1, -0.05) is 28.9 Å². The van der Waals surface area contributed by atoms with Gasteiger partial charge in [0.05, 0.1) is 17.3 Å². The van der Waals surface area contributed by atoms with Gasteiger partial charge >= 0.3 is 6.03 Å². The lowest BCUT2D eigenvalue weighted by Gasteiger charge is -2.35. The Balaban J connectivity index is 1.65. The summed E-state index contributed by atoms with van der Waals surface area (Å²) in [5.41, 5.74) is 2.62. The lowest BCUT2D eigenvalue weighted by Crippen LogP contribution is -2.46. The molecule has 0 fully saturated rings. The number of amides is 2. The molecule has 5 rings (SSSR count). The zero-order valence-electron chi connectivity index (χ0n) is 17.8. The first-order valence-electron chi connectivity index (χ1n) is 10.3. The Morgan fingerprint density at radius 3 is 2.44 bits per heavy atom. The summed E-state index contributed by atoms with van der Waals surface area (Å²) in [7, 11) is 0. The van der Waals surface area contributed by atoms with E-state index in [1.165, 1.54) is 41.3 Å². The van der Waals surface area contributed by atoms with Crippen LogP contribution in [0, 0.1) is 11.6 Å². The van der Waals surface area contributed by atoms with Crippen molar-refractivity contribution in [3.05, 3.63) is 107 Å². The number of halogens is 3. The predicted octanol–water partition coefficient (Wildman–Crippen LogP) is 6.37. The van der Waals surface area contributed by atoms with Crippen LogP contribution in [0.15, 0.2) is 83.0 Å². The normalized spacial score (nSPS) is 16.1. The van der Waals surface area contributed by atoms with Crippen LogP contribution in [0.1, 0.15) is 24.4 Å². The van der Waals surface area contributed by atoms with Crippen molar-refractivity contribution in [3.8, 4) is 11.4 Å². The summed E-state index contributed by atoms with van der Waals surface area (Å²) in [6, 6.07) is 17.2. The van der Waals surface area contributed by atoms with E-state index in [1.807, 2.05) is 0 Å². The maximum Gasteiger partial charge on any atom is 0.326 e. The maximum atomic E-state index is 14.0. The van der Waals surface area contributed by atoms with E-state index < -0.39 is 23.7 Å². The Morgan fingerprint density at radius 1 is 1.00 bits per heavy atom. The highest BCUT2D eigenvalue weighted by Crippen LogP contribution is 2.39. The largest absolute Gasteiger partial charge is 0.334 e. The molecule has 0 aliphatic carbocycles. The molecule has 0 saturated heterocycles. The fraction of sp³-hybridized carbons (Fsp3) is 0.0800. The van der Waals surface area contributed by atoms with Crippen molar-refractivity contribution in [2.45, 2.75) is 13.0 Å². The molecular weight excluding hydrogens is 462 g/mol. The van der Waals surface area contributed by atoms with E-state index in [-0.39, 0.29) is 5.89 Å². The van der Waals surface area contributed by atoms with Crippen molar-refractivity contribution in [2.75, 3.05) is 4.90 Å². The molecule has 1 aromatic heterocycles. The van der Waals surface area contributed by atoms with Crippen molar-refractivity contribution < 1.29 is 18.1 Å². The molecule has 1 aliphatic rings. The topological polar surface area (TPSA) is 71.3 Å². The van der Waals surface area contributed by atoms with Gasteiger partial charge in [0.25, 0.3) is 5.89 Å². The summed E-state index contributed by atoms with van der Waals surface area (Å²) in [4.78, 5) is 19.0. The molecule has 0 bridgehead atoms. The molecule has 9 heteroatoms. The molecule has 0 saturated carbocycles. The average molecular weight is 479 g/mol. The van der Waals surface area contributed by atoms with Crippen LogP contribution in [-0.2, 0) is 0 Å². The molecule has 4 aromatic rings. The first kappa shape index (κ1) is 21.8. The minimum Gasteiger partial charge on any atom is -0.334 e. The van der Waals surface area contributed by atoms with Crippen LogP contribution in [0.25, 0.3) is 17.0 Å². The van der Waals surface area contributed by atoms with Crippen LogP contribution in [0.2, 0.25) is 5.02 Å². The fourth-order valence-corrected chi connectivity index (χ4v) is 4.03. The van der Waals surface area contributed by atoms with E-state index in [1.54, 1.807) is 43.3 Å². The smallest absolute Gasteiger partial charge is 0.326 e. The van der Waals surface area contributed by atoms with E-state index in [4.69, 9.17) is 16.1 Å². The van der Waals surface area contributed by atoms with Crippen LogP contribution in [0.5, 0.6) is 0 Å². The third kappa shape index (κ3) is 4.04. The highest BCUT2D eigenvalue weighted by atomic mass is 35.5. The summed E-state index contributed by atoms with van der Waals surface area (Å²) in [5.74, 6) is -0.388. The number of aromatic nitrogens is 2. The summed E-state index contributed by atoms with van der Waals surface area (Å²) in [6.45, 7) is 1.72. The molecule has 1 N–H and O–H groups in total. The summed E-state index contributed by atoms with van der Waals surface area (Å²) >= 11 is 5.97. The van der Waals surface area contributed by atoms with Gasteiger partial charge in [-0.05, 0) is 73.2 Å². The minimum absolute atomic E-state index is 0.156. The van der Waals surface area contributed by atoms with Gasteiger partial charge < -0.3 is 9.84 Å². The van der Waals surface area contributed by atoms with Gasteiger partial charge in [-0.3, -0.25) is 4.90 Å². The number of hydrogen-bond donors (Lipinski definition) is 1. The lowest BCUT2D eigenvalue weighted by atomic mass is 9.94. The van der Waals surface area contributed by atoms with Crippen LogP contribution in [0.4, 0.5) is 19.3 Å². The van der Waals surface area contributed by atoms with Crippen molar-refractivity contribution >= 4 is 28.9 Å². The Labute approximate surface area is 198 Å². The number of hydrogen-bond acceptors (Lipinski definition) is 4. The molecule has 3 aromatic carbocycles. The van der Waals surface area contributed by atoms with Gasteiger partial charge in [-0.2, -0.15) is 4.98 Å². The summed E-state index contributed by atoms with van der Waals surface area (Å²) in [6.07, 6.45) is 0. The van der Waals surface area contributed by atoms with Gasteiger partial charge in [-0.25, -0.2) is 13.6 Å². The summed E-state index contributed by atoms with van der Waals surface area (Å²) < 4.78 is 33.1. The molecule has 1 aliphatic heterocycles. The van der Waals surface area contributed by atoms with Gasteiger partial charge in [-0.15, -0.1) is 0 Å². The third-order valence-corrected chi connectivity index (χ3v) is 5.76. The van der Waals surface area contributed by atoms with Crippen molar-refractivity contribution in [2.24, 2.45) is 0 Å². The molecule has 2 heterocycles. The van der Waals surface area contributed by atoms with Crippen LogP contribution >= 0.6 is 11.6 Å². The number of rotatable bonds is 4. The zero-order chi connectivity index (χ0) is 23.8. The average Bonchev–Trinajstić information content (AvgIpc) is 3.30. The number of allylic oxidation sites excluding steroid dienone is 1. The summed E-state index contributed by atoms with van der Waals surface area (Å²) in [5, 5.41) is 7.54. The number of carbonyl (C=O) groups is 1. The number of benzene rings is 3. The molecule has 34 heavy (non-hydrogen) atoms. The van der Waals surface area contributed by atoms with Gasteiger partial charge in [0.2, 0.25) is 5.82 Å². The number of urea groups is 1. The van der Waals surface area contributed by atoms with Gasteiger partial charge in [0.1, 0.15) is 11.6 Å². The molecule has 1 unspecified atom stereocenters. The van der Waals surface area contributed by atoms with E-state index in [2.05, 4.69) is 15.5 Å². The Morgan fingerprint density at radius 2 is 1.74 bits per heavy atom. The Kier molecular flexibility index (Phi) is 5.59. The quantitative estimate of drug-likeness (QED) is 0.370. The van der Waals surface area contributed by atoms with E-state index in [9.17, 15) is 13.6 Å². The van der Waals surface area contributed by atoms with Crippen LogP contribution < -0.4 is 10.2 Å². The van der Waals surface area contributed by atoms with E-state index >= 15 is 0 Å². The predicted molar refractivity (Wildman–Crippen MR) is 124 cm³/mol. The van der Waals surface area contributed by atoms with E-state index in [0.29, 0.717) is 38.9 Å². The maximum absolute atomic E-state index is 14.0. The molecule has 2 amide bonds. The van der Waals surface area contributed by atoms with Crippen molar-refractivity contribution in [3.63, 3.8) is 0 Å². The molecule has 0 radical (unpaired) electrons. The van der Waals surface area contributed by atoms with Gasteiger partial charge in [0.15, 0.2) is 0 Å². The Bertz CT molecular complexity index is 1400. The number of anilines is 1. The minimum atomic E-state index is -0.751. The second-order valence-corrected chi connectivity index (χ2v) is 8.11. The van der Waals surface area contributed by atoms with Crippen LogP contribution in [-0.4, -0.2) is 16.2 Å². The molecular formula is C25H17ClF2N4O2. The zero-order valence-corrected chi connectivity index (χ0v) is 18.6. The standard InChI is InChI=1S/C25H17ClF2N4O2/c1-14-21(24-30-23(31-34-24)15-5-7-17(26)8-6-15)22(16-3-2-4-19(28)13-16)29-25(33)32(14)20-11-9-18(27)10-12-20/h2-13,22H,1H3,(H,29,33). The highest BCUT2D eigenvalue weighted by Gasteiger charge is 2.36. The van der Waals surface area contributed by atoms with Gasteiger partial charge in [0, 0.05) is 16.3 Å². The SMILES string of the molecule is CC1=C(c2nc(-c3ccc(Cl)cc3)no2)C(c2cccc(F)c2)NC(=O)N1c1ccc(F)cc1. The Hall–Kier alpha value is -4.04. The first-order chi connectivity index (χ1) is 16.4. The van der Waals surface area contributed by atoms with Crippen molar-refractivity contribution in [1.29, 1.82) is 0 Å². The molecule has 170 valence electrons. The molecule has 1 atom stereocenters. The third-order valence-electron chi connectivity index (χ3n) is 5.51. The molecule has 6 nitrogen and oxygen atoms in total. The number of nitrogens with zero attached hydrogens (tertiary/aromatic N) is 3. The fourth-order valence-electron chi connectivity index (χ4n) is 3.91. The van der Waals surface area contributed by atoms with E-state index in [0.717, 1.165) is 0 Å². The number of carbonyl (C=O) groups excluding carboxylic acids is 1. The second-order valence-electron chi connectivity index (χ2n) is 7.68. The monoisotopic (exact) mass is 478 g/mol.